The lowest BCUT2D eigenvalue weighted by Crippen LogP contribution is -2.07. The lowest BCUT2D eigenvalue weighted by atomic mass is 10.1. The molecular weight excluding hydrogens is 341 g/mol. The van der Waals surface area contributed by atoms with Crippen molar-refractivity contribution in [1.29, 1.82) is 0 Å². The molecule has 0 spiro atoms. The predicted octanol–water partition coefficient (Wildman–Crippen LogP) is 4.72. The van der Waals surface area contributed by atoms with Crippen molar-refractivity contribution in [1.82, 2.24) is 0 Å². The van der Waals surface area contributed by atoms with Crippen LogP contribution in [-0.4, -0.2) is 0 Å². The molecule has 2 nitrogen and oxygen atoms in total. The summed E-state index contributed by atoms with van der Waals surface area (Å²) in [5.41, 5.74) is 5.46. The van der Waals surface area contributed by atoms with Crippen LogP contribution in [0.4, 0.5) is 24.5 Å². The molecular formula is C12H10BrF3N2S. The van der Waals surface area contributed by atoms with Gasteiger partial charge in [0, 0.05) is 9.35 Å². The third kappa shape index (κ3) is 3.42. The molecule has 2 aromatic rings. The second-order valence-corrected chi connectivity index (χ2v) is 5.70. The number of nitrogens with two attached hydrogens (primary N) is 1. The maximum Gasteiger partial charge on any atom is 0.416 e. The van der Waals surface area contributed by atoms with Gasteiger partial charge in [-0.15, -0.1) is 11.3 Å². The van der Waals surface area contributed by atoms with Crippen LogP contribution in [0, 0.1) is 0 Å². The number of nitrogens with one attached hydrogen (secondary N) is 1. The van der Waals surface area contributed by atoms with Crippen LogP contribution in [0.2, 0.25) is 0 Å². The topological polar surface area (TPSA) is 38.0 Å². The average Bonchev–Trinajstić information content (AvgIpc) is 2.72. The first-order valence-corrected chi connectivity index (χ1v) is 6.97. The van der Waals surface area contributed by atoms with Gasteiger partial charge in [-0.1, -0.05) is 0 Å². The lowest BCUT2D eigenvalue weighted by molar-refractivity contribution is -0.137. The number of benzene rings is 1. The van der Waals surface area contributed by atoms with Crippen LogP contribution >= 0.6 is 27.3 Å². The molecule has 19 heavy (non-hydrogen) atoms. The molecule has 1 heterocycles. The number of rotatable bonds is 3. The van der Waals surface area contributed by atoms with Gasteiger partial charge in [0.25, 0.3) is 0 Å². The standard InChI is InChI=1S/C12H10BrF3N2S/c13-8-3-4-19-11(8)6-18-10-2-1-7(5-9(10)17)12(14,15)16/h1-5,18H,6,17H2. The maximum absolute atomic E-state index is 12.5. The Labute approximate surface area is 120 Å². The van der Waals surface area contributed by atoms with Crippen molar-refractivity contribution < 1.29 is 13.2 Å². The van der Waals surface area contributed by atoms with E-state index in [9.17, 15) is 13.2 Å². The van der Waals surface area contributed by atoms with Gasteiger partial charge in [0.05, 0.1) is 23.5 Å². The van der Waals surface area contributed by atoms with Crippen molar-refractivity contribution in [2.75, 3.05) is 11.1 Å². The van der Waals surface area contributed by atoms with Gasteiger partial charge < -0.3 is 11.1 Å². The van der Waals surface area contributed by atoms with E-state index >= 15 is 0 Å². The van der Waals surface area contributed by atoms with E-state index in [0.29, 0.717) is 12.2 Å². The van der Waals surface area contributed by atoms with Gasteiger partial charge in [-0.3, -0.25) is 0 Å². The van der Waals surface area contributed by atoms with E-state index in [-0.39, 0.29) is 5.69 Å². The maximum atomic E-state index is 12.5. The molecule has 7 heteroatoms. The molecule has 0 aliphatic carbocycles. The van der Waals surface area contributed by atoms with E-state index in [2.05, 4.69) is 21.2 Å². The van der Waals surface area contributed by atoms with Crippen LogP contribution in [0.1, 0.15) is 10.4 Å². The zero-order valence-electron chi connectivity index (χ0n) is 9.59. The first kappa shape index (κ1) is 14.2. The molecule has 0 unspecified atom stereocenters. The van der Waals surface area contributed by atoms with Gasteiger partial charge in [0.1, 0.15) is 0 Å². The molecule has 1 aromatic carbocycles. The summed E-state index contributed by atoms with van der Waals surface area (Å²) in [6.07, 6.45) is -4.37. The monoisotopic (exact) mass is 350 g/mol. The van der Waals surface area contributed by atoms with Crippen LogP contribution in [0.25, 0.3) is 0 Å². The lowest BCUT2D eigenvalue weighted by Gasteiger charge is -2.12. The third-order valence-electron chi connectivity index (χ3n) is 2.51. The van der Waals surface area contributed by atoms with E-state index in [0.717, 1.165) is 21.5 Å². The smallest absolute Gasteiger partial charge is 0.397 e. The fourth-order valence-electron chi connectivity index (χ4n) is 1.53. The highest BCUT2D eigenvalue weighted by atomic mass is 79.9. The number of thiophene rings is 1. The zero-order valence-corrected chi connectivity index (χ0v) is 12.0. The Kier molecular flexibility index (Phi) is 4.05. The summed E-state index contributed by atoms with van der Waals surface area (Å²) >= 11 is 4.94. The molecule has 0 amide bonds. The molecule has 0 atom stereocenters. The summed E-state index contributed by atoms with van der Waals surface area (Å²) in [6.45, 7) is 0.508. The summed E-state index contributed by atoms with van der Waals surface area (Å²) < 4.78 is 38.4. The largest absolute Gasteiger partial charge is 0.416 e. The normalized spacial score (nSPS) is 11.6. The highest BCUT2D eigenvalue weighted by molar-refractivity contribution is 9.10. The Morgan fingerprint density at radius 2 is 2.00 bits per heavy atom. The molecule has 1 aromatic heterocycles. The molecule has 0 radical (unpaired) electrons. The molecule has 0 aliphatic heterocycles. The van der Waals surface area contributed by atoms with Crippen LogP contribution in [0.5, 0.6) is 0 Å². The summed E-state index contributed by atoms with van der Waals surface area (Å²) in [4.78, 5) is 1.05. The van der Waals surface area contributed by atoms with Gasteiger partial charge in [0.2, 0.25) is 0 Å². The SMILES string of the molecule is Nc1cc(C(F)(F)F)ccc1NCc1sccc1Br. The molecule has 0 saturated carbocycles. The van der Waals surface area contributed by atoms with E-state index in [1.807, 2.05) is 11.4 Å². The van der Waals surface area contributed by atoms with Crippen LogP contribution < -0.4 is 11.1 Å². The molecule has 0 aliphatic rings. The van der Waals surface area contributed by atoms with Crippen molar-refractivity contribution in [3.63, 3.8) is 0 Å². The highest BCUT2D eigenvalue weighted by Gasteiger charge is 2.30. The minimum absolute atomic E-state index is 0.0857. The third-order valence-corrected chi connectivity index (χ3v) is 4.44. The second kappa shape index (κ2) is 5.42. The quantitative estimate of drug-likeness (QED) is 0.785. The highest BCUT2D eigenvalue weighted by Crippen LogP contribution is 2.33. The Morgan fingerprint density at radius 3 is 2.53 bits per heavy atom. The minimum atomic E-state index is -4.37. The zero-order chi connectivity index (χ0) is 14.0. The number of alkyl halides is 3. The fourth-order valence-corrected chi connectivity index (χ4v) is 2.96. The van der Waals surface area contributed by atoms with Crippen LogP contribution in [0.3, 0.4) is 0 Å². The van der Waals surface area contributed by atoms with Gasteiger partial charge in [-0.05, 0) is 45.6 Å². The molecule has 102 valence electrons. The molecule has 3 N–H and O–H groups in total. The Morgan fingerprint density at radius 1 is 1.26 bits per heavy atom. The first-order chi connectivity index (χ1) is 8.88. The van der Waals surface area contributed by atoms with E-state index in [1.54, 1.807) is 11.3 Å². The van der Waals surface area contributed by atoms with Crippen molar-refractivity contribution in [3.05, 3.63) is 44.6 Å². The second-order valence-electron chi connectivity index (χ2n) is 3.85. The minimum Gasteiger partial charge on any atom is -0.397 e. The van der Waals surface area contributed by atoms with Gasteiger partial charge >= 0.3 is 6.18 Å². The molecule has 0 fully saturated rings. The van der Waals surface area contributed by atoms with Gasteiger partial charge in [0.15, 0.2) is 0 Å². The van der Waals surface area contributed by atoms with Crippen molar-refractivity contribution in [2.45, 2.75) is 12.7 Å². The summed E-state index contributed by atoms with van der Waals surface area (Å²) in [7, 11) is 0. The Hall–Kier alpha value is -1.21. The van der Waals surface area contributed by atoms with E-state index in [1.165, 1.54) is 6.07 Å². The van der Waals surface area contributed by atoms with Crippen molar-refractivity contribution >= 4 is 38.6 Å². The summed E-state index contributed by atoms with van der Waals surface area (Å²) in [6, 6.07) is 5.21. The van der Waals surface area contributed by atoms with Crippen LogP contribution in [0.15, 0.2) is 34.1 Å². The number of nitrogen functional groups attached to an aromatic ring is 1. The summed E-state index contributed by atoms with van der Waals surface area (Å²) in [5, 5.41) is 4.95. The molecule has 0 bridgehead atoms. The number of hydrogen-bond acceptors (Lipinski definition) is 3. The summed E-state index contributed by atoms with van der Waals surface area (Å²) in [5.74, 6) is 0. The first-order valence-electron chi connectivity index (χ1n) is 5.30. The number of halogens is 4. The van der Waals surface area contributed by atoms with Crippen molar-refractivity contribution in [2.24, 2.45) is 0 Å². The van der Waals surface area contributed by atoms with Crippen LogP contribution in [-0.2, 0) is 12.7 Å². The fraction of sp³-hybridized carbons (Fsp3) is 0.167. The van der Waals surface area contributed by atoms with Gasteiger partial charge in [-0.2, -0.15) is 13.2 Å². The molecule has 0 saturated heterocycles. The Balaban J connectivity index is 2.12. The number of hydrogen-bond donors (Lipinski definition) is 2. The average molecular weight is 351 g/mol. The molecule has 2 rings (SSSR count). The number of anilines is 2. The predicted molar refractivity (Wildman–Crippen MR) is 75.2 cm³/mol. The van der Waals surface area contributed by atoms with E-state index < -0.39 is 11.7 Å². The van der Waals surface area contributed by atoms with E-state index in [4.69, 9.17) is 5.73 Å². The van der Waals surface area contributed by atoms with Gasteiger partial charge in [-0.25, -0.2) is 0 Å². The van der Waals surface area contributed by atoms with Crippen molar-refractivity contribution in [3.8, 4) is 0 Å². The Bertz CT molecular complexity index is 581.